The quantitative estimate of drug-likeness (QED) is 0.493. The zero-order chi connectivity index (χ0) is 21.8. The van der Waals surface area contributed by atoms with E-state index in [0.29, 0.717) is 25.2 Å². The minimum absolute atomic E-state index is 0.0225. The lowest BCUT2D eigenvalue weighted by Gasteiger charge is -2.34. The number of alkyl halides is 1. The van der Waals surface area contributed by atoms with Gasteiger partial charge in [0.1, 0.15) is 39.7 Å². The predicted octanol–water partition coefficient (Wildman–Crippen LogP) is 2.88. The number of nitrogens with one attached hydrogen (secondary N) is 2. The van der Waals surface area contributed by atoms with Crippen molar-refractivity contribution in [3.63, 3.8) is 0 Å². The van der Waals surface area contributed by atoms with Gasteiger partial charge in [-0.25, -0.2) is 18.2 Å². The molecule has 1 fully saturated rings. The summed E-state index contributed by atoms with van der Waals surface area (Å²) in [6.07, 6.45) is 1.06. The molecule has 0 saturated carbocycles. The zero-order valence-corrected chi connectivity index (χ0v) is 17.0. The summed E-state index contributed by atoms with van der Waals surface area (Å²) in [6.45, 7) is 0.686. The normalized spacial score (nSPS) is 18.2. The molecule has 1 aromatic heterocycles. The number of likely N-dealkylation sites (tertiary alicyclic amines) is 1. The first kappa shape index (κ1) is 21.8. The molecule has 1 amide bonds. The highest BCUT2D eigenvalue weighted by Gasteiger charge is 2.29. The number of anilines is 1. The molecular formula is C19H21F3N6OS. The molecule has 1 saturated heterocycles. The number of nitrogens with two attached hydrogens (primary N) is 1. The number of amidine groups is 1. The molecule has 30 heavy (non-hydrogen) atoms. The summed E-state index contributed by atoms with van der Waals surface area (Å²) in [6, 6.07) is 2.47. The lowest BCUT2D eigenvalue weighted by atomic mass is 10.1. The molecule has 1 aromatic carbocycles. The van der Waals surface area contributed by atoms with Crippen LogP contribution in [0, 0.1) is 17.0 Å². The molecule has 1 aliphatic rings. The summed E-state index contributed by atoms with van der Waals surface area (Å²) in [5.74, 6) is -2.02. The number of nitrogens with zero attached hydrogens (tertiary/aromatic N) is 3. The fraction of sp³-hybridized carbons (Fsp3) is 0.368. The van der Waals surface area contributed by atoms with Crippen LogP contribution in [0.4, 0.5) is 18.2 Å². The third-order valence-electron chi connectivity index (χ3n) is 4.69. The van der Waals surface area contributed by atoms with Gasteiger partial charge in [0, 0.05) is 19.8 Å². The van der Waals surface area contributed by atoms with E-state index in [1.54, 1.807) is 4.90 Å². The minimum Gasteiger partial charge on any atom is -0.389 e. The first-order chi connectivity index (χ1) is 14.3. The van der Waals surface area contributed by atoms with Crippen molar-refractivity contribution in [3.05, 3.63) is 35.5 Å². The van der Waals surface area contributed by atoms with Gasteiger partial charge in [-0.1, -0.05) is 17.4 Å². The van der Waals surface area contributed by atoms with Crippen molar-refractivity contribution in [3.8, 4) is 10.6 Å². The number of aromatic nitrogens is 1. The number of piperidine rings is 1. The van der Waals surface area contributed by atoms with Crippen LogP contribution in [0.25, 0.3) is 10.6 Å². The third kappa shape index (κ3) is 4.45. The fourth-order valence-electron chi connectivity index (χ4n) is 3.30. The standard InChI is InChI=1S/C19H21F3N6OS/c1-25-17(28-7-3-4-10(20)9-28)13(8-23)26-18(29)15-16(24)30-19(27-15)14-11(21)5-2-6-12(14)22/h2,5-6,8,10,13,23H,3-4,7,9,24H2,1H3,(H,26,29). The molecule has 0 spiro atoms. The largest absolute Gasteiger partial charge is 0.389 e. The maximum atomic E-state index is 14.0. The third-order valence-corrected chi connectivity index (χ3v) is 5.60. The topological polar surface area (TPSA) is 107 Å². The van der Waals surface area contributed by atoms with E-state index in [1.807, 2.05) is 0 Å². The highest BCUT2D eigenvalue weighted by atomic mass is 32.1. The summed E-state index contributed by atoms with van der Waals surface area (Å²) in [5, 5.41) is 10.2. The van der Waals surface area contributed by atoms with Crippen molar-refractivity contribution < 1.29 is 18.0 Å². The molecule has 3 rings (SSSR count). The monoisotopic (exact) mass is 438 g/mol. The summed E-state index contributed by atoms with van der Waals surface area (Å²) in [7, 11) is 1.50. The van der Waals surface area contributed by atoms with Gasteiger partial charge in [-0.15, -0.1) is 0 Å². The van der Waals surface area contributed by atoms with Crippen molar-refractivity contribution in [1.29, 1.82) is 5.41 Å². The van der Waals surface area contributed by atoms with Crippen LogP contribution in [0.2, 0.25) is 0 Å². The second kappa shape index (κ2) is 9.24. The number of hydrogen-bond donors (Lipinski definition) is 3. The fourth-order valence-corrected chi connectivity index (χ4v) is 4.18. The van der Waals surface area contributed by atoms with Gasteiger partial charge >= 0.3 is 0 Å². The molecular weight excluding hydrogens is 417 g/mol. The number of hydrogen-bond acceptors (Lipinski definition) is 6. The number of carbonyl (C=O) groups excluding carboxylic acids is 1. The van der Waals surface area contributed by atoms with E-state index >= 15 is 0 Å². The van der Waals surface area contributed by atoms with E-state index in [1.165, 1.54) is 13.1 Å². The molecule has 160 valence electrons. The molecule has 1 aliphatic heterocycles. The molecule has 2 aromatic rings. The van der Waals surface area contributed by atoms with Gasteiger partial charge < -0.3 is 21.4 Å². The Morgan fingerprint density at radius 1 is 1.47 bits per heavy atom. The maximum absolute atomic E-state index is 14.0. The molecule has 4 N–H and O–H groups in total. The van der Waals surface area contributed by atoms with E-state index in [0.717, 1.165) is 29.7 Å². The van der Waals surface area contributed by atoms with Crippen LogP contribution in [-0.4, -0.2) is 60.2 Å². The van der Waals surface area contributed by atoms with Crippen molar-refractivity contribution in [2.24, 2.45) is 4.99 Å². The molecule has 0 bridgehead atoms. The Hall–Kier alpha value is -2.95. The molecule has 7 nitrogen and oxygen atoms in total. The molecule has 11 heteroatoms. The predicted molar refractivity (Wildman–Crippen MR) is 111 cm³/mol. The average molecular weight is 438 g/mol. The van der Waals surface area contributed by atoms with Crippen molar-refractivity contribution in [1.82, 2.24) is 15.2 Å². The SMILES string of the molecule is CN=C(C(C=N)NC(=O)c1nc(-c2c(F)cccc2F)sc1N)N1CCCC(F)C1. The lowest BCUT2D eigenvalue weighted by Crippen LogP contribution is -2.52. The van der Waals surface area contributed by atoms with Gasteiger partial charge in [-0.2, -0.15) is 0 Å². The molecule has 0 aliphatic carbocycles. The Morgan fingerprint density at radius 3 is 2.77 bits per heavy atom. The Kier molecular flexibility index (Phi) is 6.70. The molecule has 2 heterocycles. The second-order valence-electron chi connectivity index (χ2n) is 6.71. The number of halogens is 3. The number of thiazole rings is 1. The number of amides is 1. The van der Waals surface area contributed by atoms with Crippen LogP contribution in [0.1, 0.15) is 23.3 Å². The van der Waals surface area contributed by atoms with Crippen molar-refractivity contribution in [2.75, 3.05) is 25.9 Å². The van der Waals surface area contributed by atoms with Gasteiger partial charge in [0.2, 0.25) is 0 Å². The highest BCUT2D eigenvalue weighted by molar-refractivity contribution is 7.19. The van der Waals surface area contributed by atoms with Gasteiger partial charge in [0.15, 0.2) is 5.69 Å². The molecule has 2 unspecified atom stereocenters. The van der Waals surface area contributed by atoms with Crippen LogP contribution >= 0.6 is 11.3 Å². The lowest BCUT2D eigenvalue weighted by molar-refractivity contribution is 0.0948. The summed E-state index contributed by atoms with van der Waals surface area (Å²) < 4.78 is 41.9. The highest BCUT2D eigenvalue weighted by Crippen LogP contribution is 2.33. The number of aliphatic imine (C=N–C) groups is 1. The van der Waals surface area contributed by atoms with E-state index in [4.69, 9.17) is 11.1 Å². The number of nitrogen functional groups attached to an aromatic ring is 1. The van der Waals surface area contributed by atoms with Crippen molar-refractivity contribution in [2.45, 2.75) is 25.1 Å². The Bertz CT molecular complexity index is 959. The first-order valence-corrected chi connectivity index (χ1v) is 10.0. The van der Waals surface area contributed by atoms with Crippen LogP contribution in [0.5, 0.6) is 0 Å². The summed E-state index contributed by atoms with van der Waals surface area (Å²) in [4.78, 5) is 22.6. The Labute approximate surface area is 175 Å². The van der Waals surface area contributed by atoms with Gasteiger partial charge in [0.05, 0.1) is 12.1 Å². The maximum Gasteiger partial charge on any atom is 0.273 e. The van der Waals surface area contributed by atoms with Crippen LogP contribution in [-0.2, 0) is 0 Å². The summed E-state index contributed by atoms with van der Waals surface area (Å²) in [5.41, 5.74) is 5.30. The van der Waals surface area contributed by atoms with Crippen LogP contribution < -0.4 is 11.1 Å². The van der Waals surface area contributed by atoms with E-state index in [2.05, 4.69) is 15.3 Å². The van der Waals surface area contributed by atoms with E-state index < -0.39 is 29.8 Å². The first-order valence-electron chi connectivity index (χ1n) is 9.23. The number of benzene rings is 1. The zero-order valence-electron chi connectivity index (χ0n) is 16.2. The molecule has 0 radical (unpaired) electrons. The smallest absolute Gasteiger partial charge is 0.273 e. The Morgan fingerprint density at radius 2 is 2.17 bits per heavy atom. The number of rotatable bonds is 5. The van der Waals surface area contributed by atoms with E-state index in [9.17, 15) is 18.0 Å². The van der Waals surface area contributed by atoms with Gasteiger partial charge in [-0.3, -0.25) is 9.79 Å². The van der Waals surface area contributed by atoms with Gasteiger partial charge in [-0.05, 0) is 25.0 Å². The van der Waals surface area contributed by atoms with Gasteiger partial charge in [0.25, 0.3) is 5.91 Å². The Balaban J connectivity index is 1.82. The second-order valence-corrected chi connectivity index (χ2v) is 7.74. The molecule has 2 atom stereocenters. The van der Waals surface area contributed by atoms with Crippen molar-refractivity contribution >= 4 is 34.3 Å². The van der Waals surface area contributed by atoms with Crippen LogP contribution in [0.3, 0.4) is 0 Å². The summed E-state index contributed by atoms with van der Waals surface area (Å²) >= 11 is 0.780. The average Bonchev–Trinajstić information content (AvgIpc) is 3.09. The number of carbonyl (C=O) groups is 1. The van der Waals surface area contributed by atoms with E-state index in [-0.39, 0.29) is 27.8 Å². The van der Waals surface area contributed by atoms with Crippen LogP contribution in [0.15, 0.2) is 23.2 Å². The minimum atomic E-state index is -1.01.